The Bertz CT molecular complexity index is 1800. The van der Waals surface area contributed by atoms with Crippen LogP contribution in [0, 0.1) is 5.92 Å². The molecule has 13 nitrogen and oxygen atoms in total. The van der Waals surface area contributed by atoms with Crippen molar-refractivity contribution in [3.05, 3.63) is 69.9 Å². The largest absolute Gasteiger partial charge is 0.493 e. The summed E-state index contributed by atoms with van der Waals surface area (Å²) >= 11 is 0. The van der Waals surface area contributed by atoms with E-state index in [4.69, 9.17) is 23.2 Å². The molecule has 5 rings (SSSR count). The third-order valence-electron chi connectivity index (χ3n) is 8.35. The number of nitrogens with zero attached hydrogens (tertiary/aromatic N) is 2. The predicted octanol–water partition coefficient (Wildman–Crippen LogP) is 4.65. The van der Waals surface area contributed by atoms with Crippen molar-refractivity contribution in [1.82, 2.24) is 20.8 Å². The highest BCUT2D eigenvalue weighted by Gasteiger charge is 2.30. The summed E-state index contributed by atoms with van der Waals surface area (Å²) in [4.78, 5) is 43.9. The normalized spacial score (nSPS) is 14.9. The summed E-state index contributed by atoms with van der Waals surface area (Å²) in [5, 5.41) is 12.9. The van der Waals surface area contributed by atoms with E-state index in [0.717, 1.165) is 11.1 Å². The molecule has 0 saturated carbocycles. The molecule has 3 atom stereocenters. The maximum absolute atomic E-state index is 13.9. The molecule has 2 aromatic heterocycles. The number of aromatic nitrogens is 2. The maximum atomic E-state index is 13.9. The topological polar surface area (TPSA) is 167 Å². The van der Waals surface area contributed by atoms with Crippen molar-refractivity contribution in [2.24, 2.45) is 5.92 Å². The van der Waals surface area contributed by atoms with E-state index in [1.807, 2.05) is 26.0 Å². The van der Waals surface area contributed by atoms with Gasteiger partial charge in [0.15, 0.2) is 17.3 Å². The lowest BCUT2D eigenvalue weighted by atomic mass is 9.95. The molecular weight excluding hydrogens is 606 g/mol. The number of carbonyl (C=O) groups excluding carboxylic acids is 2. The van der Waals surface area contributed by atoms with E-state index in [2.05, 4.69) is 26.1 Å². The van der Waals surface area contributed by atoms with Crippen molar-refractivity contribution in [2.45, 2.75) is 58.7 Å². The van der Waals surface area contributed by atoms with Crippen LogP contribution in [0.25, 0.3) is 22.7 Å². The molecule has 1 aliphatic carbocycles. The standard InChI is InChI=1S/C34H39N5O8/c1-7-18(2)30(34(42)35-17-28-38-33(39-47-28)26-9-8-14-46-26)37-24-13-11-21-22(16-25(24)41)23(36-19(3)40)12-10-20-15-27(43-4)31(44-5)32(45-6)29(20)21/h8-9,11,13-16,18,23,30H,7,10,12,17H2,1-6H3,(H,35,42)(H,36,40)(H,37,41). The van der Waals surface area contributed by atoms with Crippen LogP contribution in [0.1, 0.15) is 56.7 Å². The van der Waals surface area contributed by atoms with Gasteiger partial charge in [-0.05, 0) is 65.8 Å². The van der Waals surface area contributed by atoms with Crippen LogP contribution in [-0.4, -0.2) is 49.3 Å². The van der Waals surface area contributed by atoms with E-state index >= 15 is 0 Å². The summed E-state index contributed by atoms with van der Waals surface area (Å²) < 4.78 is 27.7. The second-order valence-corrected chi connectivity index (χ2v) is 11.3. The van der Waals surface area contributed by atoms with E-state index in [9.17, 15) is 14.4 Å². The van der Waals surface area contributed by atoms with Gasteiger partial charge in [-0.1, -0.05) is 31.5 Å². The van der Waals surface area contributed by atoms with Crippen molar-refractivity contribution in [3.8, 4) is 40.0 Å². The number of hydrogen-bond acceptors (Lipinski definition) is 11. The second kappa shape index (κ2) is 14.4. The lowest BCUT2D eigenvalue weighted by molar-refractivity contribution is -0.123. The van der Waals surface area contributed by atoms with Crippen molar-refractivity contribution in [1.29, 1.82) is 0 Å². The minimum atomic E-state index is -0.764. The molecule has 0 aliphatic heterocycles. The number of amides is 2. The zero-order valence-corrected chi connectivity index (χ0v) is 27.3. The van der Waals surface area contributed by atoms with Gasteiger partial charge in [-0.15, -0.1) is 0 Å². The average molecular weight is 646 g/mol. The van der Waals surface area contributed by atoms with Crippen molar-refractivity contribution >= 4 is 17.5 Å². The molecule has 0 radical (unpaired) electrons. The van der Waals surface area contributed by atoms with E-state index < -0.39 is 12.1 Å². The Kier molecular flexibility index (Phi) is 10.1. The minimum Gasteiger partial charge on any atom is -0.493 e. The van der Waals surface area contributed by atoms with Crippen molar-refractivity contribution < 1.29 is 32.7 Å². The predicted molar refractivity (Wildman–Crippen MR) is 173 cm³/mol. The van der Waals surface area contributed by atoms with Crippen LogP contribution >= 0.6 is 0 Å². The Morgan fingerprint density at radius 1 is 1.09 bits per heavy atom. The van der Waals surface area contributed by atoms with Crippen molar-refractivity contribution in [2.75, 3.05) is 26.6 Å². The molecule has 3 unspecified atom stereocenters. The number of aryl methyl sites for hydroxylation is 1. The van der Waals surface area contributed by atoms with Crippen LogP contribution < -0.4 is 35.6 Å². The summed E-state index contributed by atoms with van der Waals surface area (Å²) in [7, 11) is 4.63. The summed E-state index contributed by atoms with van der Waals surface area (Å²) in [6.07, 6.45) is 3.27. The Hall–Kier alpha value is -5.33. The Balaban J connectivity index is 1.51. The molecule has 4 aromatic rings. The van der Waals surface area contributed by atoms with Gasteiger partial charge in [-0.3, -0.25) is 14.4 Å². The smallest absolute Gasteiger partial charge is 0.246 e. The fourth-order valence-electron chi connectivity index (χ4n) is 5.80. The molecule has 0 spiro atoms. The molecule has 3 N–H and O–H groups in total. The first-order valence-electron chi connectivity index (χ1n) is 15.4. The number of rotatable bonds is 12. The van der Waals surface area contributed by atoms with E-state index in [1.54, 1.807) is 32.4 Å². The molecule has 47 heavy (non-hydrogen) atoms. The average Bonchev–Trinajstić information content (AvgIpc) is 3.72. The number of methoxy groups -OCH3 is 3. The van der Waals surface area contributed by atoms with Crippen LogP contribution in [0.5, 0.6) is 17.2 Å². The highest BCUT2D eigenvalue weighted by molar-refractivity contribution is 5.86. The number of fused-ring (bicyclic) bond motifs is 3. The van der Waals surface area contributed by atoms with E-state index in [0.29, 0.717) is 53.4 Å². The fourth-order valence-corrected chi connectivity index (χ4v) is 5.80. The highest BCUT2D eigenvalue weighted by Crippen LogP contribution is 2.50. The first kappa shape index (κ1) is 33.0. The molecule has 248 valence electrons. The van der Waals surface area contributed by atoms with Crippen LogP contribution in [-0.2, 0) is 22.6 Å². The third-order valence-corrected chi connectivity index (χ3v) is 8.35. The number of anilines is 1. The maximum Gasteiger partial charge on any atom is 0.246 e. The SMILES string of the molecule is CCC(C)C(Nc1ccc2c(cc1=O)C(NC(C)=O)CCc1cc(OC)c(OC)c(OC)c1-2)C(=O)NCc1nc(-c2ccco2)no1. The Labute approximate surface area is 272 Å². The first-order chi connectivity index (χ1) is 22.7. The summed E-state index contributed by atoms with van der Waals surface area (Å²) in [6.45, 7) is 5.33. The Morgan fingerprint density at radius 2 is 1.87 bits per heavy atom. The van der Waals surface area contributed by atoms with Crippen LogP contribution in [0.3, 0.4) is 0 Å². The van der Waals surface area contributed by atoms with Gasteiger partial charge in [0, 0.05) is 12.5 Å². The molecule has 2 aromatic carbocycles. The van der Waals surface area contributed by atoms with Crippen molar-refractivity contribution in [3.63, 3.8) is 0 Å². The van der Waals surface area contributed by atoms with E-state index in [-0.39, 0.29) is 47.1 Å². The molecule has 2 amide bonds. The van der Waals surface area contributed by atoms with Gasteiger partial charge in [0.05, 0.1) is 45.9 Å². The van der Waals surface area contributed by atoms with Gasteiger partial charge in [0.25, 0.3) is 0 Å². The first-order valence-corrected chi connectivity index (χ1v) is 15.4. The zero-order valence-electron chi connectivity index (χ0n) is 27.3. The van der Waals surface area contributed by atoms with Gasteiger partial charge in [0.2, 0.25) is 34.7 Å². The number of benzene rings is 1. The number of nitrogens with one attached hydrogen (secondary N) is 3. The van der Waals surface area contributed by atoms with Crippen LogP contribution in [0.4, 0.5) is 5.69 Å². The summed E-state index contributed by atoms with van der Waals surface area (Å²) in [5.74, 6) is 1.58. The van der Waals surface area contributed by atoms with Crippen LogP contribution in [0.2, 0.25) is 0 Å². The second-order valence-electron chi connectivity index (χ2n) is 11.3. The molecule has 0 saturated heterocycles. The molecule has 0 fully saturated rings. The van der Waals surface area contributed by atoms with Gasteiger partial charge in [-0.25, -0.2) is 0 Å². The summed E-state index contributed by atoms with van der Waals surface area (Å²) in [6, 6.07) is 9.08. The van der Waals surface area contributed by atoms with Gasteiger partial charge < -0.3 is 39.1 Å². The minimum absolute atomic E-state index is 0.0114. The Morgan fingerprint density at radius 3 is 2.53 bits per heavy atom. The monoisotopic (exact) mass is 645 g/mol. The number of ether oxygens (including phenoxy) is 3. The lowest BCUT2D eigenvalue weighted by Gasteiger charge is -2.23. The molecule has 2 heterocycles. The molecule has 13 heteroatoms. The number of furan rings is 1. The van der Waals surface area contributed by atoms with E-state index in [1.165, 1.54) is 26.4 Å². The molecular formula is C34H39N5O8. The summed E-state index contributed by atoms with van der Waals surface area (Å²) in [5.41, 5.74) is 2.84. The van der Waals surface area contributed by atoms with Crippen LogP contribution in [0.15, 0.2) is 56.4 Å². The third kappa shape index (κ3) is 6.93. The molecule has 1 aliphatic rings. The van der Waals surface area contributed by atoms with Gasteiger partial charge in [-0.2, -0.15) is 4.98 Å². The number of hydrogen-bond donors (Lipinski definition) is 3. The lowest BCUT2D eigenvalue weighted by Crippen LogP contribution is -2.44. The van der Waals surface area contributed by atoms with Gasteiger partial charge >= 0.3 is 0 Å². The zero-order chi connectivity index (χ0) is 33.7. The molecule has 0 bridgehead atoms. The van der Waals surface area contributed by atoms with Gasteiger partial charge in [0.1, 0.15) is 6.04 Å². The highest BCUT2D eigenvalue weighted by atomic mass is 16.5. The fraction of sp³-hybridized carbons (Fsp3) is 0.382. The quantitative estimate of drug-likeness (QED) is 0.196. The number of carbonyl (C=O) groups is 2.